The topological polar surface area (TPSA) is 68.0 Å². The molecule has 0 aliphatic rings. The molecule has 1 aromatic carbocycles. The number of anilines is 1. The van der Waals surface area contributed by atoms with Crippen LogP contribution in [0.4, 0.5) is 13.9 Å². The number of aromatic nitrogens is 1. The van der Waals surface area contributed by atoms with Crippen molar-refractivity contribution < 1.29 is 13.6 Å². The summed E-state index contributed by atoms with van der Waals surface area (Å²) in [6.45, 7) is -0.0842. The molecule has 1 heterocycles. The van der Waals surface area contributed by atoms with E-state index >= 15 is 0 Å². The Balaban J connectivity index is 2.06. The number of thiazole rings is 1. The van der Waals surface area contributed by atoms with E-state index < -0.39 is 17.5 Å². The second-order valence-electron chi connectivity index (χ2n) is 3.59. The number of nitrogens with two attached hydrogens (primary N) is 1. The second-order valence-corrected chi connectivity index (χ2v) is 4.98. The molecular weight excluding hydrogens is 296 g/mol. The third-order valence-corrected chi connectivity index (χ3v) is 3.53. The summed E-state index contributed by atoms with van der Waals surface area (Å²) in [4.78, 5) is 15.6. The molecule has 8 heteroatoms. The molecule has 0 spiro atoms. The van der Waals surface area contributed by atoms with E-state index in [1.54, 1.807) is 0 Å². The van der Waals surface area contributed by atoms with Gasteiger partial charge in [-0.1, -0.05) is 29.0 Å². The monoisotopic (exact) mass is 303 g/mol. The van der Waals surface area contributed by atoms with Crippen LogP contribution in [0.15, 0.2) is 18.2 Å². The summed E-state index contributed by atoms with van der Waals surface area (Å²) in [5, 5.41) is 2.63. The largest absolute Gasteiger partial charge is 0.375 e. The van der Waals surface area contributed by atoms with Gasteiger partial charge in [-0.2, -0.15) is 0 Å². The summed E-state index contributed by atoms with van der Waals surface area (Å²) < 4.78 is 26.0. The molecule has 4 nitrogen and oxygen atoms in total. The normalized spacial score (nSPS) is 10.5. The molecule has 0 aliphatic carbocycles. The lowest BCUT2D eigenvalue weighted by Crippen LogP contribution is -2.22. The molecular formula is C11H8ClF2N3OS. The van der Waals surface area contributed by atoms with E-state index in [9.17, 15) is 13.6 Å². The standard InChI is InChI=1S/C11H8ClF2N3OS/c12-9-8(19-11(15)17-9)10(18)16-4-5-1-2-6(13)3-7(5)14/h1-3H,4H2,(H2,15,17)(H,16,18). The number of nitrogen functional groups attached to an aromatic ring is 1. The van der Waals surface area contributed by atoms with Crippen molar-refractivity contribution in [3.63, 3.8) is 0 Å². The summed E-state index contributed by atoms with van der Waals surface area (Å²) in [7, 11) is 0. The number of hydrogen-bond acceptors (Lipinski definition) is 4. The van der Waals surface area contributed by atoms with Crippen LogP contribution in [-0.4, -0.2) is 10.9 Å². The zero-order valence-electron chi connectivity index (χ0n) is 9.41. The average Bonchev–Trinajstić information content (AvgIpc) is 2.67. The fraction of sp³-hybridized carbons (Fsp3) is 0.0909. The van der Waals surface area contributed by atoms with Crippen molar-refractivity contribution in [2.75, 3.05) is 5.73 Å². The number of carbonyl (C=O) groups excluding carboxylic acids is 1. The van der Waals surface area contributed by atoms with Crippen LogP contribution in [-0.2, 0) is 6.54 Å². The van der Waals surface area contributed by atoms with Crippen molar-refractivity contribution in [2.45, 2.75) is 6.54 Å². The lowest BCUT2D eigenvalue weighted by atomic mass is 10.2. The number of amides is 1. The third kappa shape index (κ3) is 3.18. The van der Waals surface area contributed by atoms with Crippen molar-refractivity contribution in [1.82, 2.24) is 10.3 Å². The highest BCUT2D eigenvalue weighted by molar-refractivity contribution is 7.17. The molecule has 19 heavy (non-hydrogen) atoms. The van der Waals surface area contributed by atoms with Gasteiger partial charge in [0.2, 0.25) is 0 Å². The van der Waals surface area contributed by atoms with Gasteiger partial charge in [0.15, 0.2) is 10.3 Å². The zero-order valence-corrected chi connectivity index (χ0v) is 11.0. The number of halogens is 3. The number of benzene rings is 1. The molecule has 1 aromatic heterocycles. The number of carbonyl (C=O) groups is 1. The van der Waals surface area contributed by atoms with E-state index in [-0.39, 0.29) is 27.3 Å². The molecule has 0 aliphatic heterocycles. The molecule has 0 bridgehead atoms. The van der Waals surface area contributed by atoms with E-state index in [0.29, 0.717) is 0 Å². The minimum absolute atomic E-state index is 0.000391. The second kappa shape index (κ2) is 5.50. The molecule has 0 fully saturated rings. The van der Waals surface area contributed by atoms with Crippen molar-refractivity contribution in [1.29, 1.82) is 0 Å². The van der Waals surface area contributed by atoms with Gasteiger partial charge in [-0.3, -0.25) is 4.79 Å². The molecule has 100 valence electrons. The summed E-state index contributed by atoms with van der Waals surface area (Å²) in [5.74, 6) is -1.91. The van der Waals surface area contributed by atoms with E-state index in [0.717, 1.165) is 23.5 Å². The summed E-state index contributed by atoms with van der Waals surface area (Å²) in [6.07, 6.45) is 0. The van der Waals surface area contributed by atoms with Gasteiger partial charge in [0.1, 0.15) is 16.5 Å². The minimum atomic E-state index is -0.727. The van der Waals surface area contributed by atoms with Crippen LogP contribution >= 0.6 is 22.9 Å². The molecule has 0 atom stereocenters. The maximum atomic E-state index is 13.3. The Morgan fingerprint density at radius 2 is 2.21 bits per heavy atom. The maximum Gasteiger partial charge on any atom is 0.264 e. The van der Waals surface area contributed by atoms with Gasteiger partial charge in [0.05, 0.1) is 0 Å². The summed E-state index contributed by atoms with van der Waals surface area (Å²) in [5.41, 5.74) is 5.58. The molecule has 3 N–H and O–H groups in total. The van der Waals surface area contributed by atoms with Gasteiger partial charge in [-0.15, -0.1) is 0 Å². The minimum Gasteiger partial charge on any atom is -0.375 e. The SMILES string of the molecule is Nc1nc(Cl)c(C(=O)NCc2ccc(F)cc2F)s1. The van der Waals surface area contributed by atoms with Crippen molar-refractivity contribution in [3.8, 4) is 0 Å². The van der Waals surface area contributed by atoms with Crippen molar-refractivity contribution in [2.24, 2.45) is 0 Å². The highest BCUT2D eigenvalue weighted by Crippen LogP contribution is 2.24. The van der Waals surface area contributed by atoms with E-state index in [4.69, 9.17) is 17.3 Å². The van der Waals surface area contributed by atoms with E-state index in [1.165, 1.54) is 6.07 Å². The van der Waals surface area contributed by atoms with E-state index in [1.807, 2.05) is 0 Å². The first-order valence-electron chi connectivity index (χ1n) is 5.11. The maximum absolute atomic E-state index is 13.3. The van der Waals surface area contributed by atoms with Crippen LogP contribution in [0.5, 0.6) is 0 Å². The molecule has 2 aromatic rings. The number of hydrogen-bond donors (Lipinski definition) is 2. The fourth-order valence-corrected chi connectivity index (χ4v) is 2.36. The molecule has 2 rings (SSSR count). The Morgan fingerprint density at radius 3 is 2.79 bits per heavy atom. The third-order valence-electron chi connectivity index (χ3n) is 2.26. The van der Waals surface area contributed by atoms with Gasteiger partial charge in [-0.05, 0) is 6.07 Å². The van der Waals surface area contributed by atoms with Crippen molar-refractivity contribution >= 4 is 34.0 Å². The van der Waals surface area contributed by atoms with Gasteiger partial charge in [-0.25, -0.2) is 13.8 Å². The number of rotatable bonds is 3. The van der Waals surface area contributed by atoms with Crippen molar-refractivity contribution in [3.05, 3.63) is 45.4 Å². The van der Waals surface area contributed by atoms with Crippen LogP contribution < -0.4 is 11.1 Å². The smallest absolute Gasteiger partial charge is 0.264 e. The molecule has 1 amide bonds. The Kier molecular flexibility index (Phi) is 3.96. The Labute approximate surface area is 116 Å². The highest BCUT2D eigenvalue weighted by Gasteiger charge is 2.16. The molecule has 0 radical (unpaired) electrons. The van der Waals surface area contributed by atoms with Gasteiger partial charge in [0, 0.05) is 18.2 Å². The average molecular weight is 304 g/mol. The van der Waals surface area contributed by atoms with Crippen LogP contribution in [0.2, 0.25) is 5.15 Å². The van der Waals surface area contributed by atoms with Crippen LogP contribution in [0.1, 0.15) is 15.2 Å². The van der Waals surface area contributed by atoms with Gasteiger partial charge < -0.3 is 11.1 Å². The van der Waals surface area contributed by atoms with Gasteiger partial charge >= 0.3 is 0 Å². The lowest BCUT2D eigenvalue weighted by molar-refractivity contribution is 0.0954. The Bertz CT molecular complexity index is 632. The van der Waals surface area contributed by atoms with Crippen LogP contribution in [0.3, 0.4) is 0 Å². The molecule has 0 unspecified atom stereocenters. The Morgan fingerprint density at radius 1 is 1.47 bits per heavy atom. The number of nitrogens with one attached hydrogen (secondary N) is 1. The fourth-order valence-electron chi connectivity index (χ4n) is 1.38. The quantitative estimate of drug-likeness (QED) is 0.916. The van der Waals surface area contributed by atoms with Crippen LogP contribution in [0, 0.1) is 11.6 Å². The highest BCUT2D eigenvalue weighted by atomic mass is 35.5. The first kappa shape index (κ1) is 13.7. The summed E-state index contributed by atoms with van der Waals surface area (Å²) >= 11 is 6.64. The van der Waals surface area contributed by atoms with Crippen LogP contribution in [0.25, 0.3) is 0 Å². The predicted octanol–water partition coefficient (Wildman–Crippen LogP) is 2.59. The molecule has 0 saturated heterocycles. The lowest BCUT2D eigenvalue weighted by Gasteiger charge is -2.05. The first-order valence-corrected chi connectivity index (χ1v) is 6.30. The predicted molar refractivity (Wildman–Crippen MR) is 69.1 cm³/mol. The first-order chi connectivity index (χ1) is 8.97. The van der Waals surface area contributed by atoms with E-state index in [2.05, 4.69) is 10.3 Å². The number of nitrogens with zero attached hydrogens (tertiary/aromatic N) is 1. The summed E-state index contributed by atoms with van der Waals surface area (Å²) in [6, 6.07) is 3.12. The Hall–Kier alpha value is -1.73. The van der Waals surface area contributed by atoms with Gasteiger partial charge in [0.25, 0.3) is 5.91 Å². The molecule has 0 saturated carbocycles. The zero-order chi connectivity index (χ0) is 14.0.